The lowest BCUT2D eigenvalue weighted by molar-refractivity contribution is 0.0280. The lowest BCUT2D eigenvalue weighted by Crippen LogP contribution is -2.42. The second-order valence-electron chi connectivity index (χ2n) is 6.96. The molecule has 2 saturated heterocycles. The van der Waals surface area contributed by atoms with Gasteiger partial charge in [-0.1, -0.05) is 6.07 Å². The molecule has 0 aliphatic carbocycles. The van der Waals surface area contributed by atoms with Crippen LogP contribution in [0.15, 0.2) is 36.8 Å². The predicted octanol–water partition coefficient (Wildman–Crippen LogP) is 2.14. The van der Waals surface area contributed by atoms with E-state index >= 15 is 0 Å². The molecule has 3 aromatic rings. The van der Waals surface area contributed by atoms with E-state index in [-0.39, 0.29) is 12.0 Å². The monoisotopic (exact) mass is 411 g/mol. The molecule has 0 saturated carbocycles. The van der Waals surface area contributed by atoms with E-state index in [1.54, 1.807) is 24.7 Å². The molecule has 0 spiro atoms. The molecule has 1 atom stereocenters. The Hall–Kier alpha value is -2.62. The van der Waals surface area contributed by atoms with Gasteiger partial charge in [0.2, 0.25) is 5.95 Å². The number of anilines is 1. The number of fused-ring (bicyclic) bond motifs is 1. The number of hydrogen-bond donors (Lipinski definition) is 0. The Morgan fingerprint density at radius 1 is 1.03 bits per heavy atom. The molecule has 0 bridgehead atoms. The molecular weight excluding hydrogens is 390 g/mol. The molecule has 2 aliphatic heterocycles. The first-order valence-electron chi connectivity index (χ1n) is 9.69. The molecule has 8 nitrogen and oxygen atoms in total. The Balaban J connectivity index is 1.52. The van der Waals surface area contributed by atoms with Gasteiger partial charge in [-0.05, 0) is 12.1 Å². The standard InChI is InChI=1S/C20H21N5O3S/c26-19(24-7-10-27-11-8-24)17-16(14-3-1-4-21-18(14)29-17)15-13-25(9-12-28-15)20-22-5-2-6-23-20/h1-6,15H,7-13H2/t15-/m1/s1. The van der Waals surface area contributed by atoms with Gasteiger partial charge in [-0.25, -0.2) is 15.0 Å². The van der Waals surface area contributed by atoms with Gasteiger partial charge in [-0.2, -0.15) is 0 Å². The van der Waals surface area contributed by atoms with Gasteiger partial charge >= 0.3 is 0 Å². The fourth-order valence-corrected chi connectivity index (χ4v) is 4.96. The van der Waals surface area contributed by atoms with Crippen molar-refractivity contribution in [1.82, 2.24) is 19.9 Å². The van der Waals surface area contributed by atoms with Gasteiger partial charge in [0.1, 0.15) is 15.8 Å². The molecule has 5 heterocycles. The van der Waals surface area contributed by atoms with E-state index in [2.05, 4.69) is 19.9 Å². The Morgan fingerprint density at radius 3 is 2.66 bits per heavy atom. The highest BCUT2D eigenvalue weighted by Gasteiger charge is 2.32. The first kappa shape index (κ1) is 18.4. The van der Waals surface area contributed by atoms with Crippen LogP contribution in [0.4, 0.5) is 5.95 Å². The number of morpholine rings is 2. The zero-order chi connectivity index (χ0) is 19.6. The minimum atomic E-state index is -0.245. The maximum absolute atomic E-state index is 13.3. The summed E-state index contributed by atoms with van der Waals surface area (Å²) in [5.41, 5.74) is 0.926. The van der Waals surface area contributed by atoms with Crippen molar-refractivity contribution in [3.05, 3.63) is 47.2 Å². The molecule has 0 unspecified atom stereocenters. The summed E-state index contributed by atoms with van der Waals surface area (Å²) < 4.78 is 11.6. The third-order valence-electron chi connectivity index (χ3n) is 5.22. The predicted molar refractivity (Wildman–Crippen MR) is 109 cm³/mol. The number of ether oxygens (including phenoxy) is 2. The molecule has 0 radical (unpaired) electrons. The summed E-state index contributed by atoms with van der Waals surface area (Å²) >= 11 is 1.44. The van der Waals surface area contributed by atoms with Crippen LogP contribution in [-0.2, 0) is 9.47 Å². The minimum absolute atomic E-state index is 0.0305. The molecular formula is C20H21N5O3S. The fourth-order valence-electron chi connectivity index (χ4n) is 3.80. The smallest absolute Gasteiger partial charge is 0.264 e. The molecule has 0 aromatic carbocycles. The van der Waals surface area contributed by atoms with Crippen molar-refractivity contribution in [2.75, 3.05) is 50.9 Å². The van der Waals surface area contributed by atoms with E-state index in [4.69, 9.17) is 9.47 Å². The second-order valence-corrected chi connectivity index (χ2v) is 7.96. The van der Waals surface area contributed by atoms with Crippen LogP contribution in [0.1, 0.15) is 21.3 Å². The number of rotatable bonds is 3. The Morgan fingerprint density at radius 2 is 1.83 bits per heavy atom. The number of carbonyl (C=O) groups excluding carboxylic acids is 1. The van der Waals surface area contributed by atoms with Crippen LogP contribution in [0.2, 0.25) is 0 Å². The van der Waals surface area contributed by atoms with Crippen molar-refractivity contribution in [1.29, 1.82) is 0 Å². The second kappa shape index (κ2) is 8.02. The maximum atomic E-state index is 13.3. The first-order valence-corrected chi connectivity index (χ1v) is 10.5. The lowest BCUT2D eigenvalue weighted by Gasteiger charge is -2.34. The molecule has 29 heavy (non-hydrogen) atoms. The van der Waals surface area contributed by atoms with Gasteiger partial charge in [-0.3, -0.25) is 4.79 Å². The summed E-state index contributed by atoms with van der Waals surface area (Å²) in [6.45, 7) is 4.21. The van der Waals surface area contributed by atoms with Crippen LogP contribution in [0.25, 0.3) is 10.2 Å². The van der Waals surface area contributed by atoms with E-state index in [0.717, 1.165) is 15.8 Å². The fraction of sp³-hybridized carbons (Fsp3) is 0.400. The van der Waals surface area contributed by atoms with E-state index < -0.39 is 0 Å². The van der Waals surface area contributed by atoms with Crippen molar-refractivity contribution >= 4 is 33.4 Å². The number of pyridine rings is 1. The Labute approximate surface area is 172 Å². The molecule has 0 N–H and O–H groups in total. The summed E-state index contributed by atoms with van der Waals surface area (Å²) in [6.07, 6.45) is 5.00. The summed E-state index contributed by atoms with van der Waals surface area (Å²) in [6, 6.07) is 5.73. The van der Waals surface area contributed by atoms with Crippen molar-refractivity contribution in [3.63, 3.8) is 0 Å². The van der Waals surface area contributed by atoms with Gasteiger partial charge in [-0.15, -0.1) is 11.3 Å². The van der Waals surface area contributed by atoms with Crippen molar-refractivity contribution in [2.24, 2.45) is 0 Å². The average molecular weight is 411 g/mol. The molecule has 150 valence electrons. The number of carbonyl (C=O) groups is 1. The highest BCUT2D eigenvalue weighted by atomic mass is 32.1. The van der Waals surface area contributed by atoms with Crippen LogP contribution in [0.3, 0.4) is 0 Å². The van der Waals surface area contributed by atoms with Crippen LogP contribution in [-0.4, -0.2) is 71.8 Å². The van der Waals surface area contributed by atoms with Gasteiger partial charge in [0.25, 0.3) is 5.91 Å². The van der Waals surface area contributed by atoms with E-state index in [1.165, 1.54) is 11.3 Å². The summed E-state index contributed by atoms with van der Waals surface area (Å²) in [4.78, 5) is 32.1. The highest BCUT2D eigenvalue weighted by molar-refractivity contribution is 7.20. The zero-order valence-corrected chi connectivity index (χ0v) is 16.7. The Kier molecular flexibility index (Phi) is 5.09. The molecule has 2 aliphatic rings. The molecule has 1 amide bonds. The topological polar surface area (TPSA) is 80.7 Å². The first-order chi connectivity index (χ1) is 14.3. The quantitative estimate of drug-likeness (QED) is 0.653. The Bertz CT molecular complexity index is 1010. The highest BCUT2D eigenvalue weighted by Crippen LogP contribution is 2.38. The summed E-state index contributed by atoms with van der Waals surface area (Å²) in [7, 11) is 0. The summed E-state index contributed by atoms with van der Waals surface area (Å²) in [5.74, 6) is 0.711. The largest absolute Gasteiger partial charge is 0.378 e. The third-order valence-corrected chi connectivity index (χ3v) is 6.34. The van der Waals surface area contributed by atoms with Crippen molar-refractivity contribution in [2.45, 2.75) is 6.10 Å². The van der Waals surface area contributed by atoms with Gasteiger partial charge in [0, 0.05) is 49.2 Å². The minimum Gasteiger partial charge on any atom is -0.378 e. The van der Waals surface area contributed by atoms with E-state index in [1.807, 2.05) is 17.0 Å². The van der Waals surface area contributed by atoms with Crippen molar-refractivity contribution in [3.8, 4) is 0 Å². The lowest BCUT2D eigenvalue weighted by atomic mass is 10.0. The molecule has 5 rings (SSSR count). The number of thiophene rings is 1. The average Bonchev–Trinajstić information content (AvgIpc) is 3.19. The van der Waals surface area contributed by atoms with E-state index in [9.17, 15) is 4.79 Å². The number of aromatic nitrogens is 3. The third kappa shape index (κ3) is 3.57. The summed E-state index contributed by atoms with van der Waals surface area (Å²) in [5, 5.41) is 0.981. The normalized spacial score (nSPS) is 20.2. The van der Waals surface area contributed by atoms with Crippen LogP contribution >= 0.6 is 11.3 Å². The van der Waals surface area contributed by atoms with Gasteiger partial charge in [0.05, 0.1) is 26.4 Å². The van der Waals surface area contributed by atoms with Gasteiger partial charge < -0.3 is 19.3 Å². The number of amides is 1. The molecule has 9 heteroatoms. The molecule has 3 aromatic heterocycles. The van der Waals surface area contributed by atoms with Crippen molar-refractivity contribution < 1.29 is 14.3 Å². The van der Waals surface area contributed by atoms with Crippen LogP contribution < -0.4 is 4.90 Å². The molecule has 2 fully saturated rings. The zero-order valence-electron chi connectivity index (χ0n) is 15.9. The SMILES string of the molecule is O=C(c1sc2ncccc2c1[C@H]1CN(c2ncccn2)CCO1)N1CCOCC1. The van der Waals surface area contributed by atoms with Crippen LogP contribution in [0, 0.1) is 0 Å². The maximum Gasteiger partial charge on any atom is 0.264 e. The van der Waals surface area contributed by atoms with Crippen LogP contribution in [0.5, 0.6) is 0 Å². The van der Waals surface area contributed by atoms with Gasteiger partial charge in [0.15, 0.2) is 0 Å². The number of nitrogens with zero attached hydrogens (tertiary/aromatic N) is 5. The number of hydrogen-bond acceptors (Lipinski definition) is 8. The van der Waals surface area contributed by atoms with E-state index in [0.29, 0.717) is 56.8 Å².